The third-order valence-electron chi connectivity index (χ3n) is 5.71. The summed E-state index contributed by atoms with van der Waals surface area (Å²) >= 11 is 1.30. The zero-order valence-electron chi connectivity index (χ0n) is 19.6. The van der Waals surface area contributed by atoms with Crippen molar-refractivity contribution in [2.24, 2.45) is 17.8 Å². The number of nitrogens with zero attached hydrogens (tertiary/aromatic N) is 2. The highest BCUT2D eigenvalue weighted by Crippen LogP contribution is 2.26. The minimum atomic E-state index is -0.247. The minimum Gasteiger partial charge on any atom is -0.353 e. The van der Waals surface area contributed by atoms with E-state index in [-0.39, 0.29) is 42.6 Å². The van der Waals surface area contributed by atoms with E-state index in [2.05, 4.69) is 43.3 Å². The van der Waals surface area contributed by atoms with E-state index in [4.69, 9.17) is 0 Å². The SMILES string of the molecule is CC(C)CN(CC(=O)Nc1nc(CC(=O)N[C@H](C)C(C)C)cs1)C(=O)C1CCCCC1. The van der Waals surface area contributed by atoms with Crippen LogP contribution in [0.15, 0.2) is 5.38 Å². The van der Waals surface area contributed by atoms with Crippen LogP contribution in [0.4, 0.5) is 5.13 Å². The lowest BCUT2D eigenvalue weighted by atomic mass is 9.88. The molecule has 0 aromatic carbocycles. The van der Waals surface area contributed by atoms with Gasteiger partial charge < -0.3 is 15.5 Å². The molecule has 2 N–H and O–H groups in total. The van der Waals surface area contributed by atoms with Crippen LogP contribution in [0.2, 0.25) is 0 Å². The Hall–Kier alpha value is -1.96. The summed E-state index contributed by atoms with van der Waals surface area (Å²) in [6.45, 7) is 10.8. The maximum atomic E-state index is 13.0. The topological polar surface area (TPSA) is 91.4 Å². The van der Waals surface area contributed by atoms with Crippen LogP contribution in [0.5, 0.6) is 0 Å². The highest BCUT2D eigenvalue weighted by Gasteiger charge is 2.28. The van der Waals surface area contributed by atoms with Crippen LogP contribution in [0, 0.1) is 17.8 Å². The van der Waals surface area contributed by atoms with Crippen molar-refractivity contribution in [3.05, 3.63) is 11.1 Å². The van der Waals surface area contributed by atoms with Crippen LogP contribution >= 0.6 is 11.3 Å². The van der Waals surface area contributed by atoms with Gasteiger partial charge in [0.25, 0.3) is 0 Å². The van der Waals surface area contributed by atoms with Gasteiger partial charge in [-0.15, -0.1) is 11.3 Å². The van der Waals surface area contributed by atoms with Gasteiger partial charge in [-0.25, -0.2) is 4.98 Å². The lowest BCUT2D eigenvalue weighted by Crippen LogP contribution is -2.43. The Morgan fingerprint density at radius 1 is 1.10 bits per heavy atom. The molecule has 0 bridgehead atoms. The largest absolute Gasteiger partial charge is 0.353 e. The molecular formula is C23H38N4O3S. The molecular weight excluding hydrogens is 412 g/mol. The number of rotatable bonds is 10. The van der Waals surface area contributed by atoms with Crippen LogP contribution in [0.1, 0.15) is 72.4 Å². The Kier molecular flexibility index (Phi) is 9.93. The van der Waals surface area contributed by atoms with Crippen LogP contribution in [-0.4, -0.2) is 46.7 Å². The molecule has 1 aliphatic carbocycles. The third kappa shape index (κ3) is 8.59. The van der Waals surface area contributed by atoms with Gasteiger partial charge in [-0.1, -0.05) is 47.0 Å². The van der Waals surface area contributed by atoms with Crippen LogP contribution in [-0.2, 0) is 20.8 Å². The second-order valence-electron chi connectivity index (χ2n) is 9.42. The van der Waals surface area contributed by atoms with Crippen molar-refractivity contribution in [2.75, 3.05) is 18.4 Å². The number of carbonyl (C=O) groups is 3. The average Bonchev–Trinajstić information content (AvgIpc) is 3.13. The molecule has 1 aromatic heterocycles. The predicted molar refractivity (Wildman–Crippen MR) is 125 cm³/mol. The normalized spacial score (nSPS) is 15.7. The first-order valence-electron chi connectivity index (χ1n) is 11.5. The first kappa shape index (κ1) is 25.3. The van der Waals surface area contributed by atoms with Gasteiger partial charge in [0.2, 0.25) is 17.7 Å². The number of amides is 3. The molecule has 1 atom stereocenters. The third-order valence-corrected chi connectivity index (χ3v) is 6.52. The van der Waals surface area contributed by atoms with Gasteiger partial charge in [0, 0.05) is 23.9 Å². The summed E-state index contributed by atoms with van der Waals surface area (Å²) in [6, 6.07) is 0.0963. The second-order valence-corrected chi connectivity index (χ2v) is 10.3. The Bertz CT molecular complexity index is 741. The number of hydrogen-bond acceptors (Lipinski definition) is 5. The summed E-state index contributed by atoms with van der Waals surface area (Å²) in [4.78, 5) is 43.8. The molecule has 7 nitrogen and oxygen atoms in total. The Morgan fingerprint density at radius 2 is 1.77 bits per heavy atom. The van der Waals surface area contributed by atoms with E-state index in [9.17, 15) is 14.4 Å². The van der Waals surface area contributed by atoms with Crippen molar-refractivity contribution in [2.45, 2.75) is 79.2 Å². The van der Waals surface area contributed by atoms with Crippen molar-refractivity contribution in [1.29, 1.82) is 0 Å². The lowest BCUT2D eigenvalue weighted by molar-refractivity contribution is -0.139. The predicted octanol–water partition coefficient (Wildman–Crippen LogP) is 3.85. The summed E-state index contributed by atoms with van der Waals surface area (Å²) in [5.41, 5.74) is 0.631. The monoisotopic (exact) mass is 450 g/mol. The Balaban J connectivity index is 1.90. The summed E-state index contributed by atoms with van der Waals surface area (Å²) in [5, 5.41) is 8.00. The average molecular weight is 451 g/mol. The van der Waals surface area contributed by atoms with E-state index in [1.165, 1.54) is 17.8 Å². The summed E-state index contributed by atoms with van der Waals surface area (Å²) in [5.74, 6) is 0.463. The highest BCUT2D eigenvalue weighted by atomic mass is 32.1. The van der Waals surface area contributed by atoms with Crippen LogP contribution < -0.4 is 10.6 Å². The molecule has 0 radical (unpaired) electrons. The molecule has 1 heterocycles. The second kappa shape index (κ2) is 12.2. The van der Waals surface area contributed by atoms with Gasteiger partial charge in [-0.2, -0.15) is 0 Å². The molecule has 174 valence electrons. The molecule has 0 spiro atoms. The Morgan fingerprint density at radius 3 is 2.39 bits per heavy atom. The van der Waals surface area contributed by atoms with E-state index in [1.54, 1.807) is 10.3 Å². The fourth-order valence-electron chi connectivity index (χ4n) is 3.69. The molecule has 0 unspecified atom stereocenters. The maximum Gasteiger partial charge on any atom is 0.245 e. The van der Waals surface area contributed by atoms with E-state index < -0.39 is 0 Å². The fraction of sp³-hybridized carbons (Fsp3) is 0.739. The van der Waals surface area contributed by atoms with Crippen LogP contribution in [0.25, 0.3) is 0 Å². The molecule has 1 aliphatic rings. The number of aromatic nitrogens is 1. The maximum absolute atomic E-state index is 13.0. The minimum absolute atomic E-state index is 0.0365. The highest BCUT2D eigenvalue weighted by molar-refractivity contribution is 7.13. The molecule has 31 heavy (non-hydrogen) atoms. The van der Waals surface area contributed by atoms with Crippen molar-refractivity contribution in [3.63, 3.8) is 0 Å². The number of anilines is 1. The van der Waals surface area contributed by atoms with Crippen LogP contribution in [0.3, 0.4) is 0 Å². The zero-order valence-corrected chi connectivity index (χ0v) is 20.4. The van der Waals surface area contributed by atoms with Gasteiger partial charge in [-0.05, 0) is 31.6 Å². The Labute approximate surface area is 190 Å². The molecule has 2 rings (SSSR count). The van der Waals surface area contributed by atoms with Crippen molar-refractivity contribution < 1.29 is 14.4 Å². The van der Waals surface area contributed by atoms with Crippen molar-refractivity contribution in [1.82, 2.24) is 15.2 Å². The molecule has 8 heteroatoms. The van der Waals surface area contributed by atoms with E-state index in [0.29, 0.717) is 29.2 Å². The summed E-state index contributed by atoms with van der Waals surface area (Å²) < 4.78 is 0. The van der Waals surface area contributed by atoms with E-state index in [1.807, 2.05) is 6.92 Å². The molecule has 1 fully saturated rings. The van der Waals surface area contributed by atoms with Gasteiger partial charge in [0.15, 0.2) is 5.13 Å². The van der Waals surface area contributed by atoms with Gasteiger partial charge in [0.1, 0.15) is 0 Å². The first-order chi connectivity index (χ1) is 14.7. The smallest absolute Gasteiger partial charge is 0.245 e. The van der Waals surface area contributed by atoms with E-state index >= 15 is 0 Å². The molecule has 0 saturated heterocycles. The van der Waals surface area contributed by atoms with Gasteiger partial charge in [0.05, 0.1) is 18.7 Å². The molecule has 0 aliphatic heterocycles. The zero-order chi connectivity index (χ0) is 23.0. The molecule has 1 aromatic rings. The first-order valence-corrected chi connectivity index (χ1v) is 12.4. The summed E-state index contributed by atoms with van der Waals surface area (Å²) in [6.07, 6.45) is 5.39. The van der Waals surface area contributed by atoms with Crippen molar-refractivity contribution >= 4 is 34.2 Å². The fourth-order valence-corrected chi connectivity index (χ4v) is 4.42. The molecule has 3 amide bonds. The number of hydrogen-bond donors (Lipinski definition) is 2. The number of nitrogens with one attached hydrogen (secondary N) is 2. The van der Waals surface area contributed by atoms with E-state index in [0.717, 1.165) is 25.7 Å². The number of thiazole rings is 1. The molecule has 1 saturated carbocycles. The van der Waals surface area contributed by atoms with Crippen molar-refractivity contribution in [3.8, 4) is 0 Å². The van der Waals surface area contributed by atoms with Gasteiger partial charge >= 0.3 is 0 Å². The quantitative estimate of drug-likeness (QED) is 0.566. The number of carbonyl (C=O) groups excluding carboxylic acids is 3. The summed E-state index contributed by atoms with van der Waals surface area (Å²) in [7, 11) is 0. The lowest BCUT2D eigenvalue weighted by Gasteiger charge is -2.30. The standard InChI is InChI=1S/C23H38N4O3S/c1-15(2)12-27(22(30)18-9-7-6-8-10-18)13-21(29)26-23-25-19(14-31-23)11-20(28)24-17(5)16(3)4/h14-18H,6-13H2,1-5H3,(H,24,28)(H,25,26,29)/t17-/m1/s1. The van der Waals surface area contributed by atoms with Gasteiger partial charge in [-0.3, -0.25) is 14.4 Å².